The molecule has 0 radical (unpaired) electrons. The van der Waals surface area contributed by atoms with Crippen molar-refractivity contribution in [2.45, 2.75) is 43.0 Å². The number of hydrogen-bond donors (Lipinski definition) is 1. The highest BCUT2D eigenvalue weighted by Gasteiger charge is 2.73. The van der Waals surface area contributed by atoms with Crippen molar-refractivity contribution in [1.82, 2.24) is 4.90 Å². The molecule has 0 aromatic heterocycles. The van der Waals surface area contributed by atoms with E-state index in [9.17, 15) is 14.9 Å². The first-order valence-electron chi connectivity index (χ1n) is 13.7. The van der Waals surface area contributed by atoms with Gasteiger partial charge in [0.2, 0.25) is 0 Å². The summed E-state index contributed by atoms with van der Waals surface area (Å²) < 4.78 is 12.7. The van der Waals surface area contributed by atoms with E-state index in [2.05, 4.69) is 44.3 Å². The molecule has 1 spiro atoms. The van der Waals surface area contributed by atoms with Gasteiger partial charge < -0.3 is 14.8 Å². The van der Waals surface area contributed by atoms with Crippen LogP contribution in [0.1, 0.15) is 35.4 Å². The first-order chi connectivity index (χ1) is 19.9. The van der Waals surface area contributed by atoms with Crippen molar-refractivity contribution in [2.75, 3.05) is 19.0 Å². The zero-order valence-electron chi connectivity index (χ0n) is 22.4. The monoisotopic (exact) mass is 613 g/mol. The van der Waals surface area contributed by atoms with Gasteiger partial charge in [0.15, 0.2) is 17.0 Å². The quantitative estimate of drug-likeness (QED) is 0.204. The number of halogens is 1. The summed E-state index contributed by atoms with van der Waals surface area (Å²) in [4.78, 5) is 28.5. The minimum atomic E-state index is -1.37. The molecule has 3 heterocycles. The molecular formula is C32H28BrN3O5. The number of rotatable bonds is 6. The maximum atomic E-state index is 13.7. The third-order valence-corrected chi connectivity index (χ3v) is 9.57. The zero-order valence-corrected chi connectivity index (χ0v) is 24.0. The summed E-state index contributed by atoms with van der Waals surface area (Å²) in [5, 5.41) is 18.1. The van der Waals surface area contributed by atoms with E-state index in [0.717, 1.165) is 34.7 Å². The average molecular weight is 614 g/mol. The summed E-state index contributed by atoms with van der Waals surface area (Å²) in [6.45, 7) is 0.949. The number of anilines is 1. The molecule has 4 aromatic rings. The molecule has 4 atom stereocenters. The minimum absolute atomic E-state index is 0.165. The number of carbonyl (C=O) groups excluding carboxylic acids is 1. The summed E-state index contributed by atoms with van der Waals surface area (Å²) in [6.07, 6.45) is 1.64. The van der Waals surface area contributed by atoms with Crippen LogP contribution in [0.3, 0.4) is 0 Å². The zero-order chi connectivity index (χ0) is 28.3. The maximum Gasteiger partial charge on any atom is 0.256 e. The Morgan fingerprint density at radius 1 is 1.10 bits per heavy atom. The Morgan fingerprint density at radius 3 is 2.71 bits per heavy atom. The van der Waals surface area contributed by atoms with Gasteiger partial charge in [-0.25, -0.2) is 0 Å². The minimum Gasteiger partial charge on any atom is -0.493 e. The Hall–Kier alpha value is -3.95. The van der Waals surface area contributed by atoms with Gasteiger partial charge in [-0.15, -0.1) is 0 Å². The van der Waals surface area contributed by atoms with Gasteiger partial charge in [-0.1, -0.05) is 60.7 Å². The van der Waals surface area contributed by atoms with Crippen LogP contribution in [0.5, 0.6) is 11.5 Å². The van der Waals surface area contributed by atoms with Crippen molar-refractivity contribution < 1.29 is 19.2 Å². The van der Waals surface area contributed by atoms with Gasteiger partial charge >= 0.3 is 0 Å². The van der Waals surface area contributed by atoms with Crippen LogP contribution in [-0.2, 0) is 16.9 Å². The molecule has 7 rings (SSSR count). The number of para-hydroxylation sites is 1. The number of nitrogens with one attached hydrogen (secondary N) is 1. The number of nitro groups is 1. The summed E-state index contributed by atoms with van der Waals surface area (Å²) >= 11 is 3.68. The Labute approximate surface area is 245 Å². The van der Waals surface area contributed by atoms with Gasteiger partial charge in [0.25, 0.3) is 11.9 Å². The molecule has 1 amide bonds. The number of carbonyl (C=O) groups is 1. The molecule has 2 saturated heterocycles. The third-order valence-electron chi connectivity index (χ3n) is 8.98. The maximum absolute atomic E-state index is 13.7. The molecular weight excluding hydrogens is 586 g/mol. The molecule has 0 unspecified atom stereocenters. The van der Waals surface area contributed by atoms with E-state index in [0.29, 0.717) is 40.4 Å². The molecule has 1 N–H and O–H groups in total. The smallest absolute Gasteiger partial charge is 0.256 e. The summed E-state index contributed by atoms with van der Waals surface area (Å²) in [6, 6.07) is 24.0. The molecule has 0 bridgehead atoms. The highest BCUT2D eigenvalue weighted by molar-refractivity contribution is 9.10. The van der Waals surface area contributed by atoms with Gasteiger partial charge in [-0.3, -0.25) is 19.8 Å². The van der Waals surface area contributed by atoms with E-state index in [1.807, 2.05) is 60.7 Å². The first-order valence-corrected chi connectivity index (χ1v) is 14.5. The number of methoxy groups -OCH3 is 1. The van der Waals surface area contributed by atoms with Crippen molar-refractivity contribution >= 4 is 38.3 Å². The van der Waals surface area contributed by atoms with Gasteiger partial charge in [0.05, 0.1) is 17.5 Å². The van der Waals surface area contributed by atoms with E-state index in [-0.39, 0.29) is 16.9 Å². The average Bonchev–Trinajstić information content (AvgIpc) is 3.65. The fourth-order valence-electron chi connectivity index (χ4n) is 7.42. The lowest BCUT2D eigenvalue weighted by Gasteiger charge is -2.32. The van der Waals surface area contributed by atoms with E-state index in [1.54, 1.807) is 7.11 Å². The molecule has 3 aliphatic rings. The number of fused-ring (bicyclic) bond motifs is 5. The van der Waals surface area contributed by atoms with Crippen LogP contribution in [0.25, 0.3) is 10.8 Å². The Balaban J connectivity index is 1.29. The number of nitrogens with zero attached hydrogens (tertiary/aromatic N) is 2. The molecule has 0 saturated carbocycles. The predicted octanol–water partition coefficient (Wildman–Crippen LogP) is 6.24. The number of hydrogen-bond acceptors (Lipinski definition) is 6. The van der Waals surface area contributed by atoms with Crippen LogP contribution in [-0.4, -0.2) is 41.5 Å². The standard InChI is InChI=1S/C32H28BrN3O5/c1-40-27-17-21(16-24(33)29(27)41-18-20-10-6-9-19-8-2-3-11-22(19)20)28-26-14-7-15-35(26)32(30(28)36(38)39)23-12-4-5-13-25(23)34-31(32)37/h2-6,8-13,16-17,26,28,30H,7,14-15,18H2,1H3,(H,34,37)/t26-,28+,30-,32-/m0/s1. The highest BCUT2D eigenvalue weighted by Crippen LogP contribution is 2.58. The van der Waals surface area contributed by atoms with Crippen LogP contribution in [0.15, 0.2) is 83.3 Å². The van der Waals surface area contributed by atoms with E-state index >= 15 is 0 Å². The number of amides is 1. The fraction of sp³-hybridized carbons (Fsp3) is 0.281. The van der Waals surface area contributed by atoms with Crippen molar-refractivity contribution in [1.29, 1.82) is 0 Å². The van der Waals surface area contributed by atoms with Crippen LogP contribution in [0, 0.1) is 10.1 Å². The predicted molar refractivity (Wildman–Crippen MR) is 159 cm³/mol. The second-order valence-corrected chi connectivity index (χ2v) is 11.7. The Morgan fingerprint density at radius 2 is 1.88 bits per heavy atom. The lowest BCUT2D eigenvalue weighted by atomic mass is 9.77. The van der Waals surface area contributed by atoms with E-state index < -0.39 is 17.5 Å². The van der Waals surface area contributed by atoms with Gasteiger partial charge in [0.1, 0.15) is 6.61 Å². The van der Waals surface area contributed by atoms with Gasteiger partial charge in [-0.2, -0.15) is 0 Å². The molecule has 0 aliphatic carbocycles. The molecule has 8 nitrogen and oxygen atoms in total. The van der Waals surface area contributed by atoms with Gasteiger partial charge in [-0.05, 0) is 68.9 Å². The topological polar surface area (TPSA) is 93.9 Å². The molecule has 4 aromatic carbocycles. The van der Waals surface area contributed by atoms with Gasteiger partial charge in [0, 0.05) is 28.8 Å². The highest BCUT2D eigenvalue weighted by atomic mass is 79.9. The normalized spacial score (nSPS) is 24.8. The van der Waals surface area contributed by atoms with Crippen molar-refractivity contribution in [3.8, 4) is 11.5 Å². The van der Waals surface area contributed by atoms with Crippen LogP contribution < -0.4 is 14.8 Å². The molecule has 2 fully saturated rings. The fourth-order valence-corrected chi connectivity index (χ4v) is 7.99. The largest absolute Gasteiger partial charge is 0.493 e. The first kappa shape index (κ1) is 26.0. The second kappa shape index (κ2) is 9.85. The third kappa shape index (κ3) is 3.79. The Bertz CT molecular complexity index is 1710. The molecule has 208 valence electrons. The van der Waals surface area contributed by atoms with Crippen LogP contribution in [0.2, 0.25) is 0 Å². The number of ether oxygens (including phenoxy) is 2. The van der Waals surface area contributed by atoms with E-state index in [4.69, 9.17) is 9.47 Å². The van der Waals surface area contributed by atoms with Crippen LogP contribution >= 0.6 is 15.9 Å². The lowest BCUT2D eigenvalue weighted by Crippen LogP contribution is -2.55. The summed E-state index contributed by atoms with van der Waals surface area (Å²) in [5.41, 5.74) is 1.75. The van der Waals surface area contributed by atoms with Crippen molar-refractivity contribution in [2.24, 2.45) is 0 Å². The van der Waals surface area contributed by atoms with E-state index in [1.165, 1.54) is 0 Å². The molecule has 41 heavy (non-hydrogen) atoms. The molecule has 3 aliphatic heterocycles. The van der Waals surface area contributed by atoms with Crippen molar-refractivity contribution in [3.05, 3.63) is 110 Å². The summed E-state index contributed by atoms with van der Waals surface area (Å²) in [7, 11) is 1.57. The van der Waals surface area contributed by atoms with Crippen molar-refractivity contribution in [3.63, 3.8) is 0 Å². The second-order valence-electron chi connectivity index (χ2n) is 10.9. The number of benzene rings is 4. The molecule has 9 heteroatoms. The SMILES string of the molecule is COc1cc([C@H]2[C@H]([N+](=O)[O-])[C@@]3(C(=O)Nc4ccccc43)N3CCC[C@@H]23)cc(Br)c1OCc1cccc2ccccc12. The Kier molecular flexibility index (Phi) is 6.24. The lowest BCUT2D eigenvalue weighted by molar-refractivity contribution is -0.534. The van der Waals surface area contributed by atoms with Crippen LogP contribution in [0.4, 0.5) is 5.69 Å². The summed E-state index contributed by atoms with van der Waals surface area (Å²) in [5.74, 6) is 0.165.